The summed E-state index contributed by atoms with van der Waals surface area (Å²) in [5, 5.41) is 9.90. The predicted octanol–water partition coefficient (Wildman–Crippen LogP) is 0.0449. The summed E-state index contributed by atoms with van der Waals surface area (Å²) in [5.74, 6) is 0.728. The van der Waals surface area contributed by atoms with Gasteiger partial charge in [0, 0.05) is 10.7 Å². The second-order valence-corrected chi connectivity index (χ2v) is 2.25. The number of hydrogen-bond donors (Lipinski definition) is 1. The van der Waals surface area contributed by atoms with Crippen LogP contribution < -0.4 is 4.72 Å². The maximum absolute atomic E-state index is 9.90. The first-order valence-corrected chi connectivity index (χ1v) is 3.13. The maximum atomic E-state index is 9.90. The SMILES string of the molecule is O=[N+]([O-])C1[CH]CSN1. The molecule has 1 N–H and O–H groups in total. The van der Waals surface area contributed by atoms with E-state index in [-0.39, 0.29) is 4.92 Å². The Morgan fingerprint density at radius 3 is 3.00 bits per heavy atom. The highest BCUT2D eigenvalue weighted by Gasteiger charge is 2.24. The molecule has 0 aromatic rings. The zero-order valence-electron chi connectivity index (χ0n) is 4.03. The molecule has 0 aromatic carbocycles. The molecule has 1 fully saturated rings. The van der Waals surface area contributed by atoms with E-state index in [1.165, 1.54) is 11.9 Å². The lowest BCUT2D eigenvalue weighted by Crippen LogP contribution is -2.26. The molecular formula is C3H5N2O2S. The van der Waals surface area contributed by atoms with Crippen LogP contribution >= 0.6 is 11.9 Å². The molecule has 1 atom stereocenters. The van der Waals surface area contributed by atoms with E-state index in [2.05, 4.69) is 4.72 Å². The standard InChI is InChI=1S/C3H5N2O2S/c6-5(7)3-1-2-8-4-3/h1,3-4H,2H2. The fourth-order valence-electron chi connectivity index (χ4n) is 0.450. The minimum absolute atomic E-state index is 0.347. The minimum Gasteiger partial charge on any atom is -0.263 e. The second kappa shape index (κ2) is 2.32. The van der Waals surface area contributed by atoms with E-state index < -0.39 is 6.17 Å². The van der Waals surface area contributed by atoms with Crippen LogP contribution in [0.3, 0.4) is 0 Å². The van der Waals surface area contributed by atoms with Gasteiger partial charge in [0.1, 0.15) is 0 Å². The zero-order valence-corrected chi connectivity index (χ0v) is 4.85. The Bertz CT molecular complexity index is 101. The van der Waals surface area contributed by atoms with E-state index in [9.17, 15) is 10.1 Å². The summed E-state index contributed by atoms with van der Waals surface area (Å²) >= 11 is 1.36. The molecule has 45 valence electrons. The van der Waals surface area contributed by atoms with E-state index in [1.54, 1.807) is 6.42 Å². The summed E-state index contributed by atoms with van der Waals surface area (Å²) in [6, 6.07) is 0. The van der Waals surface area contributed by atoms with Crippen molar-refractivity contribution in [1.82, 2.24) is 4.72 Å². The third kappa shape index (κ3) is 1.10. The maximum Gasteiger partial charge on any atom is 0.278 e. The summed E-state index contributed by atoms with van der Waals surface area (Å²) in [4.78, 5) is 9.55. The van der Waals surface area contributed by atoms with Crippen LogP contribution in [0.1, 0.15) is 0 Å². The van der Waals surface area contributed by atoms with Crippen LogP contribution in [-0.2, 0) is 0 Å². The monoisotopic (exact) mass is 133 g/mol. The zero-order chi connectivity index (χ0) is 5.98. The van der Waals surface area contributed by atoms with Crippen molar-refractivity contribution in [2.45, 2.75) is 6.17 Å². The van der Waals surface area contributed by atoms with Gasteiger partial charge < -0.3 is 0 Å². The van der Waals surface area contributed by atoms with Gasteiger partial charge in [-0.2, -0.15) is 4.72 Å². The van der Waals surface area contributed by atoms with Crippen molar-refractivity contribution in [3.05, 3.63) is 16.5 Å². The molecule has 0 saturated carbocycles. The average Bonchev–Trinajstić information content (AvgIpc) is 2.12. The highest BCUT2D eigenvalue weighted by molar-refractivity contribution is 7.97. The van der Waals surface area contributed by atoms with Crippen molar-refractivity contribution in [3.63, 3.8) is 0 Å². The summed E-state index contributed by atoms with van der Waals surface area (Å²) in [5.41, 5.74) is 0. The Hall–Kier alpha value is -0.290. The molecule has 8 heavy (non-hydrogen) atoms. The first-order chi connectivity index (χ1) is 3.80. The van der Waals surface area contributed by atoms with Crippen LogP contribution in [0, 0.1) is 16.5 Å². The molecule has 0 aromatic heterocycles. The molecule has 4 nitrogen and oxygen atoms in total. The Kier molecular flexibility index (Phi) is 1.69. The van der Waals surface area contributed by atoms with Gasteiger partial charge in [0.25, 0.3) is 6.17 Å². The molecular weight excluding hydrogens is 128 g/mol. The molecule has 0 amide bonds. The summed E-state index contributed by atoms with van der Waals surface area (Å²) < 4.78 is 2.62. The number of hydrogen-bond acceptors (Lipinski definition) is 4. The molecule has 0 bridgehead atoms. The second-order valence-electron chi connectivity index (χ2n) is 1.39. The molecule has 1 unspecified atom stereocenters. The van der Waals surface area contributed by atoms with Gasteiger partial charge in [-0.3, -0.25) is 10.1 Å². The quantitative estimate of drug-likeness (QED) is 0.312. The Balaban J connectivity index is 2.35. The molecule has 1 radical (unpaired) electrons. The molecule has 1 saturated heterocycles. The highest BCUT2D eigenvalue weighted by atomic mass is 32.2. The van der Waals surface area contributed by atoms with E-state index in [4.69, 9.17) is 0 Å². The summed E-state index contributed by atoms with van der Waals surface area (Å²) in [6.45, 7) is 0. The van der Waals surface area contributed by atoms with Crippen LogP contribution in [0.25, 0.3) is 0 Å². The first-order valence-electron chi connectivity index (χ1n) is 2.15. The molecule has 0 spiro atoms. The van der Waals surface area contributed by atoms with Gasteiger partial charge >= 0.3 is 0 Å². The van der Waals surface area contributed by atoms with Crippen LogP contribution in [-0.4, -0.2) is 16.8 Å². The topological polar surface area (TPSA) is 55.2 Å². The van der Waals surface area contributed by atoms with Gasteiger partial charge in [-0.05, 0) is 0 Å². The van der Waals surface area contributed by atoms with E-state index in [0.29, 0.717) is 0 Å². The molecule has 1 heterocycles. The fourth-order valence-corrected chi connectivity index (χ4v) is 1.18. The van der Waals surface area contributed by atoms with Crippen LogP contribution in [0.2, 0.25) is 0 Å². The normalized spacial score (nSPS) is 28.2. The first kappa shape index (κ1) is 5.84. The van der Waals surface area contributed by atoms with Crippen molar-refractivity contribution in [2.75, 3.05) is 5.75 Å². The molecule has 1 rings (SSSR count). The largest absolute Gasteiger partial charge is 0.278 e. The highest BCUT2D eigenvalue weighted by Crippen LogP contribution is 2.10. The summed E-state index contributed by atoms with van der Waals surface area (Å²) in [6.07, 6.45) is 1.00. The third-order valence-corrected chi connectivity index (χ3v) is 1.60. The lowest BCUT2D eigenvalue weighted by atomic mass is 10.4. The minimum atomic E-state index is -0.625. The predicted molar refractivity (Wildman–Crippen MR) is 30.7 cm³/mol. The van der Waals surface area contributed by atoms with Gasteiger partial charge in [-0.15, -0.1) is 0 Å². The van der Waals surface area contributed by atoms with Crippen molar-refractivity contribution >= 4 is 11.9 Å². The molecule has 1 aliphatic heterocycles. The van der Waals surface area contributed by atoms with Gasteiger partial charge in [0.2, 0.25) is 0 Å². The number of rotatable bonds is 1. The number of nitrogens with zero attached hydrogens (tertiary/aromatic N) is 1. The average molecular weight is 133 g/mol. The van der Waals surface area contributed by atoms with Crippen molar-refractivity contribution in [1.29, 1.82) is 0 Å². The van der Waals surface area contributed by atoms with Crippen LogP contribution in [0.5, 0.6) is 0 Å². The lowest BCUT2D eigenvalue weighted by Gasteiger charge is -1.95. The van der Waals surface area contributed by atoms with Crippen molar-refractivity contribution in [2.24, 2.45) is 0 Å². The van der Waals surface area contributed by atoms with E-state index >= 15 is 0 Å². The van der Waals surface area contributed by atoms with Gasteiger partial charge in [0.15, 0.2) is 0 Å². The van der Waals surface area contributed by atoms with Crippen molar-refractivity contribution in [3.8, 4) is 0 Å². The van der Waals surface area contributed by atoms with E-state index in [0.717, 1.165) is 5.75 Å². The Labute approximate surface area is 50.9 Å². The molecule has 0 aliphatic carbocycles. The van der Waals surface area contributed by atoms with Gasteiger partial charge in [-0.1, -0.05) is 11.9 Å². The number of nitro groups is 1. The van der Waals surface area contributed by atoms with Crippen LogP contribution in [0.15, 0.2) is 0 Å². The molecule has 1 aliphatic rings. The van der Waals surface area contributed by atoms with Crippen molar-refractivity contribution < 1.29 is 4.92 Å². The number of nitrogens with one attached hydrogen (secondary N) is 1. The smallest absolute Gasteiger partial charge is 0.263 e. The molecule has 5 heteroatoms. The summed E-state index contributed by atoms with van der Waals surface area (Å²) in [7, 11) is 0. The fraction of sp³-hybridized carbons (Fsp3) is 0.667. The van der Waals surface area contributed by atoms with E-state index in [1.807, 2.05) is 0 Å². The van der Waals surface area contributed by atoms with Crippen LogP contribution in [0.4, 0.5) is 0 Å². The van der Waals surface area contributed by atoms with Gasteiger partial charge in [-0.25, -0.2) is 0 Å². The Morgan fingerprint density at radius 2 is 2.75 bits per heavy atom. The lowest BCUT2D eigenvalue weighted by molar-refractivity contribution is -0.514. The van der Waals surface area contributed by atoms with Gasteiger partial charge in [0.05, 0.1) is 6.42 Å². The third-order valence-electron chi connectivity index (χ3n) is 0.834. The Morgan fingerprint density at radius 1 is 2.00 bits per heavy atom.